The number of methoxy groups -OCH3 is 1. The van der Waals surface area contributed by atoms with Gasteiger partial charge in [-0.05, 0) is 43.2 Å². The second kappa shape index (κ2) is 6.44. The van der Waals surface area contributed by atoms with Crippen LogP contribution in [0.1, 0.15) is 22.7 Å². The van der Waals surface area contributed by atoms with Crippen molar-refractivity contribution in [3.05, 3.63) is 59.2 Å². The summed E-state index contributed by atoms with van der Waals surface area (Å²) in [6, 6.07) is 14.6. The third-order valence-corrected chi connectivity index (χ3v) is 3.45. The lowest BCUT2D eigenvalue weighted by molar-refractivity contribution is 0.411. The third-order valence-electron chi connectivity index (χ3n) is 3.45. The van der Waals surface area contributed by atoms with Gasteiger partial charge in [0.2, 0.25) is 0 Å². The SMILES string of the molecule is COc1ccc(C(CN)Nc2ccc(C)cc2)cc1C. The van der Waals surface area contributed by atoms with E-state index in [0.717, 1.165) is 17.0 Å². The molecule has 20 heavy (non-hydrogen) atoms. The standard InChI is InChI=1S/C17H22N2O/c1-12-4-7-15(8-5-12)19-16(11-18)14-6-9-17(20-3)13(2)10-14/h4-10,16,19H,11,18H2,1-3H3. The van der Waals surface area contributed by atoms with Crippen LogP contribution in [0.5, 0.6) is 5.75 Å². The van der Waals surface area contributed by atoms with Crippen LogP contribution in [-0.2, 0) is 0 Å². The largest absolute Gasteiger partial charge is 0.496 e. The molecule has 1 atom stereocenters. The number of aryl methyl sites for hydroxylation is 2. The van der Waals surface area contributed by atoms with Crippen LogP contribution >= 0.6 is 0 Å². The molecule has 0 bridgehead atoms. The number of ether oxygens (including phenoxy) is 1. The molecule has 0 saturated heterocycles. The summed E-state index contributed by atoms with van der Waals surface area (Å²) in [5, 5.41) is 3.47. The highest BCUT2D eigenvalue weighted by atomic mass is 16.5. The molecule has 0 aliphatic heterocycles. The summed E-state index contributed by atoms with van der Waals surface area (Å²) in [6.45, 7) is 4.67. The average Bonchev–Trinajstić information content (AvgIpc) is 2.46. The van der Waals surface area contributed by atoms with Crippen molar-refractivity contribution in [2.75, 3.05) is 19.0 Å². The summed E-state index contributed by atoms with van der Waals surface area (Å²) in [6.07, 6.45) is 0. The van der Waals surface area contributed by atoms with Crippen molar-refractivity contribution in [3.8, 4) is 5.75 Å². The number of hydrogen-bond donors (Lipinski definition) is 2. The van der Waals surface area contributed by atoms with Crippen LogP contribution in [0.2, 0.25) is 0 Å². The van der Waals surface area contributed by atoms with E-state index in [-0.39, 0.29) is 6.04 Å². The topological polar surface area (TPSA) is 47.3 Å². The van der Waals surface area contributed by atoms with Gasteiger partial charge in [0.25, 0.3) is 0 Å². The summed E-state index contributed by atoms with van der Waals surface area (Å²) < 4.78 is 5.29. The molecule has 0 aliphatic carbocycles. The molecule has 2 rings (SSSR count). The Bertz CT molecular complexity index is 564. The minimum atomic E-state index is 0.0994. The second-order valence-electron chi connectivity index (χ2n) is 5.03. The smallest absolute Gasteiger partial charge is 0.121 e. The van der Waals surface area contributed by atoms with Crippen LogP contribution in [0, 0.1) is 13.8 Å². The van der Waals surface area contributed by atoms with Gasteiger partial charge in [-0.25, -0.2) is 0 Å². The zero-order chi connectivity index (χ0) is 14.5. The lowest BCUT2D eigenvalue weighted by Gasteiger charge is -2.20. The van der Waals surface area contributed by atoms with Crippen LogP contribution < -0.4 is 15.8 Å². The Morgan fingerprint density at radius 3 is 2.35 bits per heavy atom. The van der Waals surface area contributed by atoms with E-state index in [2.05, 4.69) is 48.6 Å². The normalized spacial score (nSPS) is 12.0. The second-order valence-corrected chi connectivity index (χ2v) is 5.03. The molecule has 3 nitrogen and oxygen atoms in total. The van der Waals surface area contributed by atoms with Crippen molar-refractivity contribution >= 4 is 5.69 Å². The zero-order valence-corrected chi connectivity index (χ0v) is 12.3. The van der Waals surface area contributed by atoms with Crippen LogP contribution in [0.4, 0.5) is 5.69 Å². The number of nitrogens with one attached hydrogen (secondary N) is 1. The summed E-state index contributed by atoms with van der Waals surface area (Å²) in [4.78, 5) is 0. The van der Waals surface area contributed by atoms with E-state index in [1.54, 1.807) is 7.11 Å². The van der Waals surface area contributed by atoms with E-state index in [0.29, 0.717) is 6.54 Å². The molecule has 0 heterocycles. The number of nitrogens with two attached hydrogens (primary N) is 1. The molecule has 0 radical (unpaired) electrons. The Labute approximate surface area is 120 Å². The highest BCUT2D eigenvalue weighted by Crippen LogP contribution is 2.24. The number of anilines is 1. The molecular formula is C17H22N2O. The number of benzene rings is 2. The summed E-state index contributed by atoms with van der Waals surface area (Å²) in [7, 11) is 1.69. The van der Waals surface area contributed by atoms with Gasteiger partial charge in [-0.3, -0.25) is 0 Å². The highest BCUT2D eigenvalue weighted by molar-refractivity contribution is 5.48. The third kappa shape index (κ3) is 3.31. The lowest BCUT2D eigenvalue weighted by Crippen LogP contribution is -2.20. The number of hydrogen-bond acceptors (Lipinski definition) is 3. The molecule has 0 amide bonds. The molecular weight excluding hydrogens is 248 g/mol. The van der Waals surface area contributed by atoms with Gasteiger partial charge in [0.1, 0.15) is 5.75 Å². The van der Waals surface area contributed by atoms with E-state index >= 15 is 0 Å². The van der Waals surface area contributed by atoms with E-state index in [1.165, 1.54) is 11.1 Å². The van der Waals surface area contributed by atoms with Gasteiger partial charge in [-0.2, -0.15) is 0 Å². The highest BCUT2D eigenvalue weighted by Gasteiger charge is 2.11. The van der Waals surface area contributed by atoms with Crippen molar-refractivity contribution in [2.24, 2.45) is 5.73 Å². The quantitative estimate of drug-likeness (QED) is 0.875. The molecule has 106 valence electrons. The molecule has 1 unspecified atom stereocenters. The first-order valence-electron chi connectivity index (χ1n) is 6.82. The Balaban J connectivity index is 2.19. The van der Waals surface area contributed by atoms with Crippen LogP contribution in [0.15, 0.2) is 42.5 Å². The summed E-state index contributed by atoms with van der Waals surface area (Å²) in [5.74, 6) is 0.903. The van der Waals surface area contributed by atoms with Crippen molar-refractivity contribution in [1.82, 2.24) is 0 Å². The fourth-order valence-electron chi connectivity index (χ4n) is 2.25. The van der Waals surface area contributed by atoms with Gasteiger partial charge in [0.15, 0.2) is 0 Å². The fourth-order valence-corrected chi connectivity index (χ4v) is 2.25. The number of rotatable bonds is 5. The summed E-state index contributed by atoms with van der Waals surface area (Å²) >= 11 is 0. The lowest BCUT2D eigenvalue weighted by atomic mass is 10.0. The van der Waals surface area contributed by atoms with Crippen LogP contribution in [0.25, 0.3) is 0 Å². The molecule has 0 aromatic heterocycles. The Kier molecular flexibility index (Phi) is 4.64. The Morgan fingerprint density at radius 2 is 1.80 bits per heavy atom. The molecule has 3 heteroatoms. The maximum Gasteiger partial charge on any atom is 0.121 e. The van der Waals surface area contributed by atoms with Crippen molar-refractivity contribution < 1.29 is 4.74 Å². The molecule has 0 aliphatic rings. The van der Waals surface area contributed by atoms with E-state index < -0.39 is 0 Å². The maximum absolute atomic E-state index is 5.91. The first-order valence-corrected chi connectivity index (χ1v) is 6.82. The van der Waals surface area contributed by atoms with Crippen molar-refractivity contribution in [3.63, 3.8) is 0 Å². The van der Waals surface area contributed by atoms with Gasteiger partial charge in [-0.1, -0.05) is 29.8 Å². The van der Waals surface area contributed by atoms with E-state index in [9.17, 15) is 0 Å². The Morgan fingerprint density at radius 1 is 1.10 bits per heavy atom. The maximum atomic E-state index is 5.91. The predicted octanol–water partition coefficient (Wildman–Crippen LogP) is 3.42. The average molecular weight is 270 g/mol. The zero-order valence-electron chi connectivity index (χ0n) is 12.3. The van der Waals surface area contributed by atoms with Gasteiger partial charge in [-0.15, -0.1) is 0 Å². The van der Waals surface area contributed by atoms with Crippen LogP contribution in [0.3, 0.4) is 0 Å². The molecule has 0 fully saturated rings. The molecule has 2 aromatic rings. The van der Waals surface area contributed by atoms with Crippen molar-refractivity contribution in [2.45, 2.75) is 19.9 Å². The van der Waals surface area contributed by atoms with Crippen molar-refractivity contribution in [1.29, 1.82) is 0 Å². The van der Waals surface area contributed by atoms with Gasteiger partial charge in [0, 0.05) is 12.2 Å². The van der Waals surface area contributed by atoms with Gasteiger partial charge in [0.05, 0.1) is 13.2 Å². The monoisotopic (exact) mass is 270 g/mol. The molecule has 2 aromatic carbocycles. The molecule has 0 saturated carbocycles. The summed E-state index contributed by atoms with van der Waals surface area (Å²) in [5.41, 5.74) is 10.5. The van der Waals surface area contributed by atoms with Gasteiger partial charge >= 0.3 is 0 Å². The van der Waals surface area contributed by atoms with E-state index in [4.69, 9.17) is 10.5 Å². The first-order chi connectivity index (χ1) is 9.63. The fraction of sp³-hybridized carbons (Fsp3) is 0.294. The first kappa shape index (κ1) is 14.4. The minimum absolute atomic E-state index is 0.0994. The van der Waals surface area contributed by atoms with Gasteiger partial charge < -0.3 is 15.8 Å². The van der Waals surface area contributed by atoms with Crippen LogP contribution in [-0.4, -0.2) is 13.7 Å². The minimum Gasteiger partial charge on any atom is -0.496 e. The van der Waals surface area contributed by atoms with E-state index in [1.807, 2.05) is 13.0 Å². The molecule has 0 spiro atoms. The Hall–Kier alpha value is -2.00. The predicted molar refractivity (Wildman–Crippen MR) is 84.3 cm³/mol. The molecule has 3 N–H and O–H groups in total.